The van der Waals surface area contributed by atoms with Crippen LogP contribution in [0.4, 0.5) is 0 Å². The highest BCUT2D eigenvalue weighted by Gasteiger charge is 2.12. The topological polar surface area (TPSA) is 98.2 Å². The number of H-pyrrole nitrogens is 2. The minimum Gasteiger partial charge on any atom is -0.342 e. The van der Waals surface area contributed by atoms with Gasteiger partial charge in [0.25, 0.3) is 5.78 Å². The average molecular weight is 268 g/mol. The zero-order chi connectivity index (χ0) is 11.1. The summed E-state index contributed by atoms with van der Waals surface area (Å²) in [7, 11) is 0. The van der Waals surface area contributed by atoms with Crippen LogP contribution < -0.4 is 0 Å². The first-order chi connectivity index (χ1) is 7.29. The number of aromatic nitrogens is 4. The summed E-state index contributed by atoms with van der Waals surface area (Å²) < 4.78 is 0. The van der Waals surface area contributed by atoms with E-state index in [1.165, 1.54) is 12.4 Å². The van der Waals surface area contributed by atoms with Gasteiger partial charge in [-0.15, -0.1) is 0 Å². The predicted octanol–water partition coefficient (Wildman–Crippen LogP) is 1.23. The molecule has 0 aliphatic heterocycles. The summed E-state index contributed by atoms with van der Waals surface area (Å²) in [6.45, 7) is 0. The summed E-state index contributed by atoms with van der Waals surface area (Å²) in [5.74, 6) is 0.361. The lowest BCUT2D eigenvalue weighted by atomic mass is 10.3. The Kier molecular flexibility index (Phi) is 4.25. The summed E-state index contributed by atoms with van der Waals surface area (Å²) in [5, 5.41) is 7.24. The summed E-state index contributed by atoms with van der Waals surface area (Å²) in [4.78, 5) is 26.0. The molecule has 76 valence electrons. The second-order valence-corrected chi connectivity index (χ2v) is 2.64. The molecule has 7 heteroatoms. The Hall–Kier alpha value is -1.94. The molecule has 2 aromatic heterocycles. The maximum Gasteiger partial charge on any atom is 0.263 e. The fourth-order valence-electron chi connectivity index (χ4n) is 0.891. The smallest absolute Gasteiger partial charge is 0.263 e. The van der Waals surface area contributed by atoms with Crippen molar-refractivity contribution in [2.45, 2.75) is 0 Å². The molecule has 0 aromatic carbocycles. The summed E-state index contributed by atoms with van der Waals surface area (Å²) in [6.07, 6.45) is 6.23. The number of nitrogens with zero attached hydrogens (tertiary/aromatic N) is 3. The largest absolute Gasteiger partial charge is 0.342 e. The van der Waals surface area contributed by atoms with E-state index in [4.69, 9.17) is 5.26 Å². The lowest BCUT2D eigenvalue weighted by Gasteiger charge is -1.89. The van der Waals surface area contributed by atoms with E-state index in [2.05, 4.69) is 35.9 Å². The molecule has 0 saturated carbocycles. The molecule has 6 nitrogen and oxygen atoms in total. The monoisotopic (exact) mass is 267 g/mol. The van der Waals surface area contributed by atoms with E-state index < -0.39 is 0 Å². The average Bonchev–Trinajstić information content (AvgIpc) is 2.92. The Morgan fingerprint density at radius 1 is 1.27 bits per heavy atom. The Labute approximate surface area is 93.5 Å². The highest BCUT2D eigenvalue weighted by molar-refractivity contribution is 9.12. The van der Waals surface area contributed by atoms with Crippen molar-refractivity contribution in [3.05, 3.63) is 36.4 Å². The first-order valence-electron chi connectivity index (χ1n) is 3.82. The first-order valence-corrected chi connectivity index (χ1v) is 4.62. The number of halogens is 1. The third-order valence-electron chi connectivity index (χ3n) is 1.43. The van der Waals surface area contributed by atoms with Gasteiger partial charge in [-0.25, -0.2) is 9.97 Å². The second kappa shape index (κ2) is 5.72. The van der Waals surface area contributed by atoms with E-state index >= 15 is 0 Å². The van der Waals surface area contributed by atoms with Crippen LogP contribution in [0.25, 0.3) is 0 Å². The molecule has 0 fully saturated rings. The second-order valence-electron chi connectivity index (χ2n) is 2.29. The fraction of sp³-hybridized carbons (Fsp3) is 0. The minimum absolute atomic E-state index is 0.231. The minimum atomic E-state index is -0.231. The van der Waals surface area contributed by atoms with Crippen LogP contribution in [0.2, 0.25) is 0 Å². The van der Waals surface area contributed by atoms with Gasteiger partial charge in [-0.1, -0.05) is 0 Å². The van der Waals surface area contributed by atoms with Crippen molar-refractivity contribution in [1.29, 1.82) is 5.26 Å². The number of ketones is 1. The molecule has 2 rings (SSSR count). The van der Waals surface area contributed by atoms with Gasteiger partial charge in [-0.2, -0.15) is 5.26 Å². The Morgan fingerprint density at radius 2 is 1.67 bits per heavy atom. The first kappa shape index (κ1) is 11.1. The van der Waals surface area contributed by atoms with E-state index in [1.54, 1.807) is 17.4 Å². The maximum absolute atomic E-state index is 11.4. The summed E-state index contributed by atoms with van der Waals surface area (Å²) in [6, 6.07) is 0. The quantitative estimate of drug-likeness (QED) is 0.800. The van der Waals surface area contributed by atoms with Crippen molar-refractivity contribution >= 4 is 21.7 Å². The van der Waals surface area contributed by atoms with Crippen molar-refractivity contribution in [2.24, 2.45) is 0 Å². The van der Waals surface area contributed by atoms with E-state index in [0.29, 0.717) is 11.6 Å². The van der Waals surface area contributed by atoms with Crippen LogP contribution in [-0.2, 0) is 0 Å². The van der Waals surface area contributed by atoms with E-state index in [0.717, 1.165) is 0 Å². The number of nitriles is 1. The molecule has 0 unspecified atom stereocenters. The maximum atomic E-state index is 11.4. The molecule has 0 saturated heterocycles. The Balaban J connectivity index is 0.000000337. The van der Waals surface area contributed by atoms with Gasteiger partial charge in [0.05, 0.1) is 0 Å². The number of carbonyl (C=O) groups excluding carboxylic acids is 1. The Morgan fingerprint density at radius 3 is 1.93 bits per heavy atom. The van der Waals surface area contributed by atoms with Gasteiger partial charge in [0.2, 0.25) is 0 Å². The number of carbonyl (C=O) groups is 1. The van der Waals surface area contributed by atoms with Gasteiger partial charge >= 0.3 is 0 Å². The molecule has 2 heterocycles. The number of aromatic amines is 2. The number of imidazole rings is 2. The molecular formula is C8H6BrN5O. The van der Waals surface area contributed by atoms with E-state index in [-0.39, 0.29) is 5.78 Å². The predicted molar refractivity (Wildman–Crippen MR) is 55.1 cm³/mol. The Bertz CT molecular complexity index is 406. The highest BCUT2D eigenvalue weighted by atomic mass is 79.9. The van der Waals surface area contributed by atoms with Crippen LogP contribution in [0, 0.1) is 10.2 Å². The van der Waals surface area contributed by atoms with Crippen molar-refractivity contribution in [2.75, 3.05) is 0 Å². The van der Waals surface area contributed by atoms with Gasteiger partial charge in [0.1, 0.15) is 4.98 Å². The van der Waals surface area contributed by atoms with Crippen LogP contribution >= 0.6 is 15.9 Å². The van der Waals surface area contributed by atoms with Crippen LogP contribution in [0.5, 0.6) is 0 Å². The van der Waals surface area contributed by atoms with Crippen molar-refractivity contribution in [3.8, 4) is 4.98 Å². The number of hydrogen-bond donors (Lipinski definition) is 2. The molecule has 0 bridgehead atoms. The molecule has 2 N–H and O–H groups in total. The van der Waals surface area contributed by atoms with Crippen molar-refractivity contribution in [3.63, 3.8) is 0 Å². The van der Waals surface area contributed by atoms with Gasteiger partial charge in [0, 0.05) is 40.7 Å². The van der Waals surface area contributed by atoms with Crippen LogP contribution in [-0.4, -0.2) is 25.7 Å². The fourth-order valence-corrected chi connectivity index (χ4v) is 0.891. The molecule has 0 aliphatic rings. The molecule has 2 aromatic rings. The van der Waals surface area contributed by atoms with Gasteiger partial charge in [0.15, 0.2) is 11.6 Å². The third-order valence-corrected chi connectivity index (χ3v) is 1.43. The third kappa shape index (κ3) is 3.03. The highest BCUT2D eigenvalue weighted by Crippen LogP contribution is 1.98. The number of hydrogen-bond acceptors (Lipinski definition) is 4. The number of nitrogens with one attached hydrogen (secondary N) is 2. The zero-order valence-corrected chi connectivity index (χ0v) is 9.02. The molecular weight excluding hydrogens is 262 g/mol. The van der Waals surface area contributed by atoms with Gasteiger partial charge in [-0.05, 0) is 0 Å². The van der Waals surface area contributed by atoms with Crippen LogP contribution in [0.1, 0.15) is 16.4 Å². The molecule has 0 radical (unpaired) electrons. The molecule has 0 amide bonds. The molecule has 15 heavy (non-hydrogen) atoms. The van der Waals surface area contributed by atoms with Gasteiger partial charge < -0.3 is 9.97 Å². The molecule has 0 aliphatic carbocycles. The van der Waals surface area contributed by atoms with Crippen LogP contribution in [0.3, 0.4) is 0 Å². The van der Waals surface area contributed by atoms with E-state index in [9.17, 15) is 4.79 Å². The zero-order valence-electron chi connectivity index (χ0n) is 7.44. The molecule has 0 spiro atoms. The normalized spacial score (nSPS) is 8.53. The molecule has 0 atom stereocenters. The van der Waals surface area contributed by atoms with Crippen molar-refractivity contribution < 1.29 is 4.79 Å². The summed E-state index contributed by atoms with van der Waals surface area (Å²) in [5.41, 5.74) is 0. The SMILES string of the molecule is N#CBr.O=C(c1ncc[nH]1)c1ncc[nH]1. The standard InChI is InChI=1S/C7H6N4O.CBrN/c12-5(6-8-1-2-9-6)7-10-3-4-11-7;2-1-3/h1-4H,(H,8,9)(H,10,11);. The summed E-state index contributed by atoms with van der Waals surface area (Å²) >= 11 is 2.45. The number of rotatable bonds is 2. The van der Waals surface area contributed by atoms with Crippen LogP contribution in [0.15, 0.2) is 24.8 Å². The van der Waals surface area contributed by atoms with Gasteiger partial charge in [-0.3, -0.25) is 4.79 Å². The van der Waals surface area contributed by atoms with Crippen molar-refractivity contribution in [1.82, 2.24) is 19.9 Å². The van der Waals surface area contributed by atoms with E-state index in [1.807, 2.05) is 0 Å². The lowest BCUT2D eigenvalue weighted by molar-refractivity contribution is 0.102. The lowest BCUT2D eigenvalue weighted by Crippen LogP contribution is -2.05.